The van der Waals surface area contributed by atoms with Gasteiger partial charge < -0.3 is 0 Å². The van der Waals surface area contributed by atoms with Gasteiger partial charge in [-0.05, 0) is 17.7 Å². The molecular formula is C16H12ClN. The summed E-state index contributed by atoms with van der Waals surface area (Å²) in [4.78, 5) is 4.70. The van der Waals surface area contributed by atoms with Crippen LogP contribution in [0.2, 0.25) is 0 Å². The Kier molecular flexibility index (Phi) is 2.99. The molecule has 0 fully saturated rings. The molecule has 88 valence electrons. The van der Waals surface area contributed by atoms with E-state index < -0.39 is 0 Å². The van der Waals surface area contributed by atoms with Crippen molar-refractivity contribution < 1.29 is 0 Å². The highest BCUT2D eigenvalue weighted by molar-refractivity contribution is 6.18. The number of para-hydroxylation sites is 1. The fourth-order valence-electron chi connectivity index (χ4n) is 2.11. The Hall–Kier alpha value is -1.86. The second-order valence-corrected chi connectivity index (χ2v) is 4.45. The highest BCUT2D eigenvalue weighted by Gasteiger charge is 2.05. The molecule has 0 bridgehead atoms. The number of pyridine rings is 1. The number of alkyl halides is 1. The van der Waals surface area contributed by atoms with E-state index in [4.69, 9.17) is 16.6 Å². The molecule has 0 spiro atoms. The Balaban J connectivity index is 2.26. The Morgan fingerprint density at radius 1 is 0.889 bits per heavy atom. The predicted octanol–water partition coefficient (Wildman–Crippen LogP) is 4.64. The maximum atomic E-state index is 6.04. The number of rotatable bonds is 2. The van der Waals surface area contributed by atoms with Gasteiger partial charge in [0.25, 0.3) is 0 Å². The monoisotopic (exact) mass is 253 g/mol. The van der Waals surface area contributed by atoms with Crippen LogP contribution < -0.4 is 0 Å². The molecule has 0 unspecified atom stereocenters. The molecule has 0 radical (unpaired) electrons. The third-order valence-electron chi connectivity index (χ3n) is 3.02. The van der Waals surface area contributed by atoms with Crippen LogP contribution in [0.4, 0.5) is 0 Å². The first-order valence-corrected chi connectivity index (χ1v) is 6.42. The molecule has 0 saturated carbocycles. The van der Waals surface area contributed by atoms with Crippen molar-refractivity contribution in [3.63, 3.8) is 0 Å². The molecule has 0 atom stereocenters. The Morgan fingerprint density at radius 2 is 1.61 bits per heavy atom. The zero-order valence-corrected chi connectivity index (χ0v) is 10.6. The Labute approximate surface area is 111 Å². The number of benzene rings is 2. The molecule has 1 nitrogen and oxygen atoms in total. The minimum atomic E-state index is 0.503. The van der Waals surface area contributed by atoms with Crippen LogP contribution in [0.15, 0.2) is 60.7 Å². The summed E-state index contributed by atoms with van der Waals surface area (Å²) in [6.45, 7) is 0. The molecule has 0 N–H and O–H groups in total. The SMILES string of the molecule is ClCc1cc(-c2ccccc2)nc2ccccc12. The number of hydrogen-bond acceptors (Lipinski definition) is 1. The van der Waals surface area contributed by atoms with Gasteiger partial charge in [-0.3, -0.25) is 0 Å². The van der Waals surface area contributed by atoms with E-state index in [1.165, 1.54) is 0 Å². The number of nitrogens with zero attached hydrogens (tertiary/aromatic N) is 1. The van der Waals surface area contributed by atoms with Gasteiger partial charge in [-0.2, -0.15) is 0 Å². The van der Waals surface area contributed by atoms with Crippen molar-refractivity contribution in [3.05, 3.63) is 66.2 Å². The highest BCUT2D eigenvalue weighted by Crippen LogP contribution is 2.25. The Bertz CT molecular complexity index is 677. The minimum Gasteiger partial charge on any atom is -0.248 e. The summed E-state index contributed by atoms with van der Waals surface area (Å²) in [5, 5.41) is 1.13. The van der Waals surface area contributed by atoms with Crippen molar-refractivity contribution in [1.29, 1.82) is 0 Å². The summed E-state index contributed by atoms with van der Waals surface area (Å²) >= 11 is 6.04. The van der Waals surface area contributed by atoms with E-state index in [-0.39, 0.29) is 0 Å². The molecule has 0 amide bonds. The van der Waals surface area contributed by atoms with Crippen molar-refractivity contribution in [1.82, 2.24) is 4.98 Å². The van der Waals surface area contributed by atoms with E-state index >= 15 is 0 Å². The lowest BCUT2D eigenvalue weighted by Crippen LogP contribution is -1.90. The number of fused-ring (bicyclic) bond motifs is 1. The van der Waals surface area contributed by atoms with E-state index in [9.17, 15) is 0 Å². The third-order valence-corrected chi connectivity index (χ3v) is 3.30. The summed E-state index contributed by atoms with van der Waals surface area (Å²) < 4.78 is 0. The largest absolute Gasteiger partial charge is 0.248 e. The number of halogens is 1. The summed E-state index contributed by atoms with van der Waals surface area (Å²) in [6.07, 6.45) is 0. The molecule has 1 heterocycles. The lowest BCUT2D eigenvalue weighted by molar-refractivity contribution is 1.34. The molecule has 3 rings (SSSR count). The standard InChI is InChI=1S/C16H12ClN/c17-11-13-10-16(12-6-2-1-3-7-12)18-15-9-5-4-8-14(13)15/h1-10H,11H2. The van der Waals surface area contributed by atoms with Crippen LogP contribution in [0.3, 0.4) is 0 Å². The van der Waals surface area contributed by atoms with E-state index in [2.05, 4.69) is 24.3 Å². The first kappa shape index (κ1) is 11.2. The zero-order valence-electron chi connectivity index (χ0n) is 9.81. The smallest absolute Gasteiger partial charge is 0.0712 e. The van der Waals surface area contributed by atoms with E-state index in [0.717, 1.165) is 27.7 Å². The molecular weight excluding hydrogens is 242 g/mol. The van der Waals surface area contributed by atoms with Gasteiger partial charge in [0.1, 0.15) is 0 Å². The van der Waals surface area contributed by atoms with Crippen molar-refractivity contribution in [2.45, 2.75) is 5.88 Å². The zero-order chi connectivity index (χ0) is 12.4. The maximum Gasteiger partial charge on any atom is 0.0712 e. The normalized spacial score (nSPS) is 10.7. The van der Waals surface area contributed by atoms with E-state index in [1.807, 2.05) is 36.4 Å². The summed E-state index contributed by atoms with van der Waals surface area (Å²) in [6, 6.07) is 20.4. The van der Waals surface area contributed by atoms with Gasteiger partial charge in [0, 0.05) is 16.8 Å². The fourth-order valence-corrected chi connectivity index (χ4v) is 2.34. The lowest BCUT2D eigenvalue weighted by Gasteiger charge is -2.07. The van der Waals surface area contributed by atoms with Gasteiger partial charge >= 0.3 is 0 Å². The van der Waals surface area contributed by atoms with Gasteiger partial charge in [0.2, 0.25) is 0 Å². The summed E-state index contributed by atoms with van der Waals surface area (Å²) in [5.41, 5.74) is 4.22. The van der Waals surface area contributed by atoms with Gasteiger partial charge in [0.15, 0.2) is 0 Å². The van der Waals surface area contributed by atoms with Crippen LogP contribution in [0.1, 0.15) is 5.56 Å². The van der Waals surface area contributed by atoms with Crippen LogP contribution in [-0.4, -0.2) is 4.98 Å². The topological polar surface area (TPSA) is 12.9 Å². The molecule has 18 heavy (non-hydrogen) atoms. The second kappa shape index (κ2) is 4.79. The van der Waals surface area contributed by atoms with Crippen molar-refractivity contribution in [3.8, 4) is 11.3 Å². The van der Waals surface area contributed by atoms with Gasteiger partial charge in [-0.15, -0.1) is 11.6 Å². The van der Waals surface area contributed by atoms with Crippen LogP contribution in [0, 0.1) is 0 Å². The summed E-state index contributed by atoms with van der Waals surface area (Å²) in [5.74, 6) is 0.503. The van der Waals surface area contributed by atoms with Crippen LogP contribution in [-0.2, 0) is 5.88 Å². The molecule has 0 aliphatic heterocycles. The molecule has 2 aromatic carbocycles. The average molecular weight is 254 g/mol. The average Bonchev–Trinajstić information content (AvgIpc) is 2.47. The molecule has 2 heteroatoms. The lowest BCUT2D eigenvalue weighted by atomic mass is 10.1. The second-order valence-electron chi connectivity index (χ2n) is 4.18. The fraction of sp³-hybridized carbons (Fsp3) is 0.0625. The minimum absolute atomic E-state index is 0.503. The van der Waals surface area contributed by atoms with Crippen molar-refractivity contribution >= 4 is 22.5 Å². The van der Waals surface area contributed by atoms with Crippen molar-refractivity contribution in [2.75, 3.05) is 0 Å². The molecule has 0 saturated heterocycles. The predicted molar refractivity (Wildman–Crippen MR) is 76.7 cm³/mol. The van der Waals surface area contributed by atoms with Gasteiger partial charge in [-0.1, -0.05) is 48.5 Å². The first-order valence-electron chi connectivity index (χ1n) is 5.88. The third kappa shape index (κ3) is 1.98. The first-order chi connectivity index (χ1) is 8.88. The van der Waals surface area contributed by atoms with E-state index in [0.29, 0.717) is 5.88 Å². The quantitative estimate of drug-likeness (QED) is 0.606. The summed E-state index contributed by atoms with van der Waals surface area (Å²) in [7, 11) is 0. The molecule has 0 aliphatic carbocycles. The van der Waals surface area contributed by atoms with Gasteiger partial charge in [0.05, 0.1) is 11.2 Å². The highest BCUT2D eigenvalue weighted by atomic mass is 35.5. The molecule has 0 aliphatic rings. The maximum absolute atomic E-state index is 6.04. The Morgan fingerprint density at radius 3 is 2.39 bits per heavy atom. The number of hydrogen-bond donors (Lipinski definition) is 0. The molecule has 3 aromatic rings. The van der Waals surface area contributed by atoms with Crippen molar-refractivity contribution in [2.24, 2.45) is 0 Å². The molecule has 1 aromatic heterocycles. The van der Waals surface area contributed by atoms with Crippen LogP contribution in [0.25, 0.3) is 22.2 Å². The van der Waals surface area contributed by atoms with Crippen LogP contribution >= 0.6 is 11.6 Å². The van der Waals surface area contributed by atoms with E-state index in [1.54, 1.807) is 0 Å². The number of aromatic nitrogens is 1. The van der Waals surface area contributed by atoms with Gasteiger partial charge in [-0.25, -0.2) is 4.98 Å². The van der Waals surface area contributed by atoms with Crippen LogP contribution in [0.5, 0.6) is 0 Å².